The van der Waals surface area contributed by atoms with E-state index in [1.807, 2.05) is 36.4 Å². The van der Waals surface area contributed by atoms with Crippen LogP contribution in [0.25, 0.3) is 0 Å². The lowest BCUT2D eigenvalue weighted by Crippen LogP contribution is -2.60. The van der Waals surface area contributed by atoms with Crippen molar-refractivity contribution in [1.82, 2.24) is 10.2 Å². The highest BCUT2D eigenvalue weighted by Gasteiger charge is 2.56. The Hall–Kier alpha value is -3.06. The molecule has 0 radical (unpaired) electrons. The Morgan fingerprint density at radius 2 is 1.76 bits per heavy atom. The van der Waals surface area contributed by atoms with Gasteiger partial charge in [-0.15, -0.1) is 0 Å². The summed E-state index contributed by atoms with van der Waals surface area (Å²) in [5.74, 6) is 6.64. The SMILES string of the molecule is O=C(C#Cc1ccccc1)N[C@H]1CC[C@@]23CCCN2C(=O)CCC[C@H]3[C@H]1Cc1ccccc1. The zero-order valence-electron chi connectivity index (χ0n) is 19.1. The van der Waals surface area contributed by atoms with E-state index in [0.29, 0.717) is 24.2 Å². The summed E-state index contributed by atoms with van der Waals surface area (Å²) in [6, 6.07) is 20.3. The third-order valence-electron chi connectivity index (χ3n) is 8.07. The molecule has 3 fully saturated rings. The number of hydrogen-bond acceptors (Lipinski definition) is 2. The largest absolute Gasteiger partial charge is 0.342 e. The van der Waals surface area contributed by atoms with Crippen molar-refractivity contribution in [2.75, 3.05) is 6.54 Å². The summed E-state index contributed by atoms with van der Waals surface area (Å²) < 4.78 is 0. The Morgan fingerprint density at radius 3 is 2.55 bits per heavy atom. The molecule has 1 saturated carbocycles. The van der Waals surface area contributed by atoms with E-state index in [2.05, 4.69) is 46.3 Å². The van der Waals surface area contributed by atoms with E-state index >= 15 is 0 Å². The van der Waals surface area contributed by atoms with E-state index in [-0.39, 0.29) is 17.5 Å². The van der Waals surface area contributed by atoms with E-state index in [4.69, 9.17) is 0 Å². The fraction of sp³-hybridized carbons (Fsp3) is 0.448. The molecule has 2 aromatic carbocycles. The number of amides is 2. The zero-order chi connectivity index (χ0) is 22.7. The van der Waals surface area contributed by atoms with Gasteiger partial charge in [0, 0.05) is 36.0 Å². The van der Waals surface area contributed by atoms with Crippen LogP contribution in [0.15, 0.2) is 60.7 Å². The number of carbonyl (C=O) groups is 2. The minimum Gasteiger partial charge on any atom is -0.342 e. The normalized spacial score (nSPS) is 28.7. The lowest BCUT2D eigenvalue weighted by atomic mass is 9.61. The summed E-state index contributed by atoms with van der Waals surface area (Å²) >= 11 is 0. The molecule has 2 heterocycles. The molecule has 1 N–H and O–H groups in total. The smallest absolute Gasteiger partial charge is 0.296 e. The van der Waals surface area contributed by atoms with Crippen LogP contribution in [0.4, 0.5) is 0 Å². The summed E-state index contributed by atoms with van der Waals surface area (Å²) in [7, 11) is 0. The van der Waals surface area contributed by atoms with Crippen LogP contribution in [-0.4, -0.2) is 34.8 Å². The second kappa shape index (κ2) is 9.43. The second-order valence-electron chi connectivity index (χ2n) is 9.84. The predicted molar refractivity (Wildman–Crippen MR) is 129 cm³/mol. The van der Waals surface area contributed by atoms with E-state index in [1.165, 1.54) is 5.56 Å². The third-order valence-corrected chi connectivity index (χ3v) is 8.07. The molecule has 0 bridgehead atoms. The minimum absolute atomic E-state index is 0.0238. The quantitative estimate of drug-likeness (QED) is 0.722. The zero-order valence-corrected chi connectivity index (χ0v) is 19.1. The molecule has 1 spiro atoms. The molecule has 2 saturated heterocycles. The summed E-state index contributed by atoms with van der Waals surface area (Å²) in [5, 5.41) is 3.28. The van der Waals surface area contributed by atoms with Gasteiger partial charge < -0.3 is 10.2 Å². The van der Waals surface area contributed by atoms with Crippen molar-refractivity contribution in [2.45, 2.75) is 62.9 Å². The molecule has 33 heavy (non-hydrogen) atoms. The van der Waals surface area contributed by atoms with Gasteiger partial charge in [0.25, 0.3) is 5.91 Å². The van der Waals surface area contributed by atoms with Crippen molar-refractivity contribution in [3.63, 3.8) is 0 Å². The predicted octanol–water partition coefficient (Wildman–Crippen LogP) is 4.34. The maximum Gasteiger partial charge on any atom is 0.296 e. The van der Waals surface area contributed by atoms with Gasteiger partial charge in [-0.3, -0.25) is 9.59 Å². The fourth-order valence-corrected chi connectivity index (χ4v) is 6.70. The number of nitrogens with zero attached hydrogens (tertiary/aromatic N) is 1. The maximum absolute atomic E-state index is 12.9. The first-order valence-electron chi connectivity index (χ1n) is 12.4. The highest BCUT2D eigenvalue weighted by molar-refractivity contribution is 5.94. The van der Waals surface area contributed by atoms with Gasteiger partial charge in [-0.2, -0.15) is 0 Å². The average Bonchev–Trinajstić information content (AvgIpc) is 3.21. The van der Waals surface area contributed by atoms with Crippen molar-refractivity contribution in [3.05, 3.63) is 71.8 Å². The Labute approximate surface area is 196 Å². The molecule has 2 aliphatic heterocycles. The van der Waals surface area contributed by atoms with Crippen LogP contribution in [-0.2, 0) is 16.0 Å². The summed E-state index contributed by atoms with van der Waals surface area (Å²) in [6.07, 6.45) is 7.66. The summed E-state index contributed by atoms with van der Waals surface area (Å²) in [5.41, 5.74) is 2.12. The molecular formula is C29H32N2O2. The van der Waals surface area contributed by atoms with Gasteiger partial charge in [-0.25, -0.2) is 0 Å². The second-order valence-corrected chi connectivity index (χ2v) is 9.84. The highest BCUT2D eigenvalue weighted by atomic mass is 16.2. The van der Waals surface area contributed by atoms with Crippen LogP contribution >= 0.6 is 0 Å². The first-order chi connectivity index (χ1) is 16.2. The number of rotatable bonds is 3. The standard InChI is InChI=1S/C29H32N2O2/c32-27(16-15-22-9-3-1-4-10-22)30-26-17-19-29-18-8-20-31(29)28(33)14-7-13-25(29)24(26)21-23-11-5-2-6-12-23/h1-6,9-12,24-26H,7-8,13-14,17-21H2,(H,30,32)/t24-,25+,26+,29-/m1/s1. The van der Waals surface area contributed by atoms with Crippen molar-refractivity contribution >= 4 is 11.8 Å². The first-order valence-corrected chi connectivity index (χ1v) is 12.4. The maximum atomic E-state index is 12.9. The van der Waals surface area contributed by atoms with E-state index in [1.54, 1.807) is 0 Å². The number of hydrogen-bond donors (Lipinski definition) is 1. The Kier molecular flexibility index (Phi) is 6.22. The molecule has 170 valence electrons. The van der Waals surface area contributed by atoms with Crippen molar-refractivity contribution < 1.29 is 9.59 Å². The van der Waals surface area contributed by atoms with Gasteiger partial charge in [0.15, 0.2) is 0 Å². The molecule has 3 aliphatic rings. The highest BCUT2D eigenvalue weighted by Crippen LogP contribution is 2.52. The van der Waals surface area contributed by atoms with E-state index < -0.39 is 0 Å². The van der Waals surface area contributed by atoms with Gasteiger partial charge >= 0.3 is 0 Å². The molecule has 2 aromatic rings. The average molecular weight is 441 g/mol. The topological polar surface area (TPSA) is 49.4 Å². The molecule has 2 amide bonds. The molecule has 0 unspecified atom stereocenters. The third kappa shape index (κ3) is 4.42. The molecule has 4 heteroatoms. The van der Waals surface area contributed by atoms with E-state index in [0.717, 1.165) is 57.1 Å². The van der Waals surface area contributed by atoms with Gasteiger partial charge in [-0.1, -0.05) is 54.5 Å². The molecular weight excluding hydrogens is 408 g/mol. The first kappa shape index (κ1) is 21.8. The Morgan fingerprint density at radius 1 is 1.00 bits per heavy atom. The molecule has 4 nitrogen and oxygen atoms in total. The van der Waals surface area contributed by atoms with Crippen LogP contribution in [0, 0.1) is 23.7 Å². The summed E-state index contributed by atoms with van der Waals surface area (Å²) in [6.45, 7) is 0.896. The van der Waals surface area contributed by atoms with Crippen molar-refractivity contribution in [3.8, 4) is 11.8 Å². The van der Waals surface area contributed by atoms with Gasteiger partial charge in [0.05, 0.1) is 0 Å². The van der Waals surface area contributed by atoms with Gasteiger partial charge in [0.2, 0.25) is 5.91 Å². The Bertz CT molecular complexity index is 1060. The van der Waals surface area contributed by atoms with Crippen LogP contribution in [0.1, 0.15) is 56.1 Å². The van der Waals surface area contributed by atoms with Crippen molar-refractivity contribution in [1.29, 1.82) is 0 Å². The van der Waals surface area contributed by atoms with E-state index in [9.17, 15) is 9.59 Å². The van der Waals surface area contributed by atoms with Crippen LogP contribution < -0.4 is 5.32 Å². The number of carbonyl (C=O) groups excluding carboxylic acids is 2. The number of nitrogens with one attached hydrogen (secondary N) is 1. The van der Waals surface area contributed by atoms with Gasteiger partial charge in [-0.05, 0) is 74.5 Å². The lowest BCUT2D eigenvalue weighted by molar-refractivity contribution is -0.139. The minimum atomic E-state index is -0.203. The molecule has 4 atom stereocenters. The monoisotopic (exact) mass is 440 g/mol. The summed E-state index contributed by atoms with van der Waals surface area (Å²) in [4.78, 5) is 28.0. The number of benzene rings is 2. The van der Waals surface area contributed by atoms with Crippen LogP contribution in [0.3, 0.4) is 0 Å². The molecule has 1 aliphatic carbocycles. The van der Waals surface area contributed by atoms with Crippen molar-refractivity contribution in [2.24, 2.45) is 11.8 Å². The molecule has 0 aromatic heterocycles. The van der Waals surface area contributed by atoms with Crippen LogP contribution in [0.2, 0.25) is 0 Å². The van der Waals surface area contributed by atoms with Crippen LogP contribution in [0.5, 0.6) is 0 Å². The lowest BCUT2D eigenvalue weighted by Gasteiger charge is -2.53. The van der Waals surface area contributed by atoms with Gasteiger partial charge in [0.1, 0.15) is 0 Å². The Balaban J connectivity index is 1.42. The molecule has 5 rings (SSSR count). The fourth-order valence-electron chi connectivity index (χ4n) is 6.70.